The number of amidine groups is 1. The zero-order valence-corrected chi connectivity index (χ0v) is 11.9. The molecule has 2 aromatic rings. The summed E-state index contributed by atoms with van der Waals surface area (Å²) in [5.41, 5.74) is 9.73. The van der Waals surface area contributed by atoms with Crippen molar-refractivity contribution >= 4 is 16.9 Å². The van der Waals surface area contributed by atoms with E-state index in [2.05, 4.69) is 15.1 Å². The van der Waals surface area contributed by atoms with Crippen molar-refractivity contribution in [1.29, 1.82) is 0 Å². The van der Waals surface area contributed by atoms with Crippen molar-refractivity contribution in [2.24, 2.45) is 16.7 Å². The van der Waals surface area contributed by atoms with Crippen LogP contribution in [0, 0.1) is 13.8 Å². The molecule has 1 aromatic heterocycles. The lowest BCUT2D eigenvalue weighted by atomic mass is 10.0. The number of ether oxygens (including phenoxy) is 2. The van der Waals surface area contributed by atoms with Crippen LogP contribution in [-0.2, 0) is 0 Å². The van der Waals surface area contributed by atoms with Crippen molar-refractivity contribution < 1.29 is 9.47 Å². The molecule has 0 radical (unpaired) electrons. The molecule has 0 spiro atoms. The molecule has 0 aliphatic rings. The van der Waals surface area contributed by atoms with Crippen LogP contribution in [0.15, 0.2) is 11.2 Å². The van der Waals surface area contributed by atoms with Gasteiger partial charge in [0.2, 0.25) is 0 Å². The van der Waals surface area contributed by atoms with E-state index < -0.39 is 0 Å². The van der Waals surface area contributed by atoms with Gasteiger partial charge in [0.25, 0.3) is 11.8 Å². The number of nitrogens with two attached hydrogens (primary N) is 2. The molecule has 0 bridgehead atoms. The van der Waals surface area contributed by atoms with Gasteiger partial charge in [-0.1, -0.05) is 0 Å². The lowest BCUT2D eigenvalue weighted by Gasteiger charge is -2.13. The fourth-order valence-electron chi connectivity index (χ4n) is 2.03. The topological polar surface area (TPSA) is 109 Å². The Labute approximate surface area is 116 Å². The first-order chi connectivity index (χ1) is 9.53. The molecule has 2 rings (SSSR count). The summed E-state index contributed by atoms with van der Waals surface area (Å²) in [6.07, 6.45) is 0. The fraction of sp³-hybridized carbons (Fsp3) is 0.308. The summed E-state index contributed by atoms with van der Waals surface area (Å²) in [6, 6.07) is 1.91. The second-order valence-electron chi connectivity index (χ2n) is 4.32. The van der Waals surface area contributed by atoms with E-state index in [-0.39, 0.29) is 11.7 Å². The third-order valence-corrected chi connectivity index (χ3v) is 3.20. The van der Waals surface area contributed by atoms with Gasteiger partial charge >= 0.3 is 0 Å². The highest BCUT2D eigenvalue weighted by Gasteiger charge is 2.17. The van der Waals surface area contributed by atoms with Crippen LogP contribution in [0.4, 0.5) is 0 Å². The molecule has 20 heavy (non-hydrogen) atoms. The Morgan fingerprint density at radius 2 is 1.75 bits per heavy atom. The molecule has 0 aliphatic heterocycles. The van der Waals surface area contributed by atoms with E-state index in [9.17, 15) is 0 Å². The van der Waals surface area contributed by atoms with E-state index in [1.807, 2.05) is 19.9 Å². The Balaban J connectivity index is 2.92. The van der Waals surface area contributed by atoms with Gasteiger partial charge in [-0.25, -0.2) is 9.97 Å². The number of aromatic nitrogens is 2. The molecule has 1 aromatic carbocycles. The Morgan fingerprint density at radius 1 is 1.15 bits per heavy atom. The first-order valence-corrected chi connectivity index (χ1v) is 5.97. The number of aryl methyl sites for hydroxylation is 1. The van der Waals surface area contributed by atoms with Gasteiger partial charge in [-0.15, -0.1) is 0 Å². The molecule has 0 unspecified atom stereocenters. The first-order valence-electron chi connectivity index (χ1n) is 5.97. The molecule has 0 amide bonds. The van der Waals surface area contributed by atoms with Crippen LogP contribution < -0.4 is 21.1 Å². The number of benzene rings is 1. The zero-order valence-electron chi connectivity index (χ0n) is 11.9. The summed E-state index contributed by atoms with van der Waals surface area (Å²) in [4.78, 5) is 8.79. The normalized spacial score (nSPS) is 11.7. The first kappa shape index (κ1) is 13.9. The molecule has 7 heteroatoms. The molecule has 7 nitrogen and oxygen atoms in total. The van der Waals surface area contributed by atoms with Gasteiger partial charge < -0.3 is 21.1 Å². The van der Waals surface area contributed by atoms with Crippen molar-refractivity contribution in [2.45, 2.75) is 13.8 Å². The predicted octanol–water partition coefficient (Wildman–Crippen LogP) is 0.843. The zero-order chi connectivity index (χ0) is 14.9. The summed E-state index contributed by atoms with van der Waals surface area (Å²) >= 11 is 0. The lowest BCUT2D eigenvalue weighted by Crippen LogP contribution is -2.18. The average molecular weight is 275 g/mol. The smallest absolute Gasteiger partial charge is 0.278 e. The maximum absolute atomic E-state index is 5.88. The van der Waals surface area contributed by atoms with Crippen LogP contribution in [-0.4, -0.2) is 30.0 Å². The molecule has 0 saturated heterocycles. The van der Waals surface area contributed by atoms with Crippen LogP contribution in [0.2, 0.25) is 0 Å². The van der Waals surface area contributed by atoms with E-state index in [1.54, 1.807) is 0 Å². The van der Waals surface area contributed by atoms with E-state index >= 15 is 0 Å². The second kappa shape index (κ2) is 5.20. The summed E-state index contributed by atoms with van der Waals surface area (Å²) < 4.78 is 10.3. The monoisotopic (exact) mass is 275 g/mol. The van der Waals surface area contributed by atoms with E-state index in [1.165, 1.54) is 14.2 Å². The Morgan fingerprint density at radius 3 is 2.30 bits per heavy atom. The summed E-state index contributed by atoms with van der Waals surface area (Å²) in [5, 5.41) is 3.56. The number of hydrogen-bond donors (Lipinski definition) is 2. The minimum absolute atomic E-state index is 0.206. The molecule has 0 saturated carbocycles. The fourth-order valence-corrected chi connectivity index (χ4v) is 2.03. The molecular formula is C13H17N5O2. The Bertz CT molecular complexity index is 697. The average Bonchev–Trinajstić information content (AvgIpc) is 2.46. The predicted molar refractivity (Wildman–Crippen MR) is 77.0 cm³/mol. The van der Waals surface area contributed by atoms with Crippen LogP contribution in [0.5, 0.6) is 11.8 Å². The number of hydrazone groups is 1. The molecule has 0 fully saturated rings. The third kappa shape index (κ3) is 2.07. The largest absolute Gasteiger partial charge is 0.477 e. The number of fused-ring (bicyclic) bond motifs is 1. The lowest BCUT2D eigenvalue weighted by molar-refractivity contribution is 0.334. The maximum atomic E-state index is 5.88. The van der Waals surface area contributed by atoms with Gasteiger partial charge in [-0.05, 0) is 31.0 Å². The molecule has 1 heterocycles. The quantitative estimate of drug-likeness (QED) is 0.372. The third-order valence-electron chi connectivity index (χ3n) is 3.20. The van der Waals surface area contributed by atoms with E-state index in [0.717, 1.165) is 11.1 Å². The number of nitrogens with zero attached hydrogens (tertiary/aromatic N) is 3. The maximum Gasteiger partial charge on any atom is 0.278 e. The Kier molecular flexibility index (Phi) is 3.60. The summed E-state index contributed by atoms with van der Waals surface area (Å²) in [5.74, 6) is 6.11. The molecule has 0 aliphatic carbocycles. The minimum Gasteiger partial charge on any atom is -0.477 e. The summed E-state index contributed by atoms with van der Waals surface area (Å²) in [7, 11) is 3.01. The highest BCUT2D eigenvalue weighted by molar-refractivity contribution is 6.08. The standard InChI is InChI=1S/C13H17N5O2/c1-6-5-8-10(9(7(6)2)11(14)18-15)17-13(20-4)12(16-8)19-3/h5H,15H2,1-4H3,(H2,14,18). The highest BCUT2D eigenvalue weighted by atomic mass is 16.5. The van der Waals surface area contributed by atoms with Crippen molar-refractivity contribution in [2.75, 3.05) is 14.2 Å². The van der Waals surface area contributed by atoms with Gasteiger partial charge in [-0.2, -0.15) is 5.10 Å². The van der Waals surface area contributed by atoms with Crippen LogP contribution in [0.3, 0.4) is 0 Å². The summed E-state index contributed by atoms with van der Waals surface area (Å²) in [6.45, 7) is 3.89. The van der Waals surface area contributed by atoms with Gasteiger partial charge in [0, 0.05) is 5.56 Å². The van der Waals surface area contributed by atoms with Crippen molar-refractivity contribution in [1.82, 2.24) is 9.97 Å². The van der Waals surface area contributed by atoms with Crippen molar-refractivity contribution in [3.8, 4) is 11.8 Å². The highest BCUT2D eigenvalue weighted by Crippen LogP contribution is 2.29. The van der Waals surface area contributed by atoms with Gasteiger partial charge in [0.05, 0.1) is 19.7 Å². The van der Waals surface area contributed by atoms with Gasteiger partial charge in [0.15, 0.2) is 5.84 Å². The molecular weight excluding hydrogens is 258 g/mol. The molecule has 0 atom stereocenters. The Hall–Kier alpha value is -2.57. The second-order valence-corrected chi connectivity index (χ2v) is 4.32. The molecule has 4 N–H and O–H groups in total. The van der Waals surface area contributed by atoms with E-state index in [4.69, 9.17) is 21.1 Å². The minimum atomic E-state index is 0.206. The van der Waals surface area contributed by atoms with E-state index in [0.29, 0.717) is 22.5 Å². The number of methoxy groups -OCH3 is 2. The van der Waals surface area contributed by atoms with Crippen molar-refractivity contribution in [3.63, 3.8) is 0 Å². The van der Waals surface area contributed by atoms with Crippen LogP contribution >= 0.6 is 0 Å². The van der Waals surface area contributed by atoms with Gasteiger partial charge in [-0.3, -0.25) is 0 Å². The van der Waals surface area contributed by atoms with Gasteiger partial charge in [0.1, 0.15) is 5.52 Å². The number of hydrogen-bond acceptors (Lipinski definition) is 6. The van der Waals surface area contributed by atoms with Crippen LogP contribution in [0.25, 0.3) is 11.0 Å². The van der Waals surface area contributed by atoms with Crippen molar-refractivity contribution in [3.05, 3.63) is 22.8 Å². The molecule has 106 valence electrons. The number of rotatable bonds is 3. The SMILES string of the molecule is COc1nc2cc(C)c(C)c(/C(N)=N\N)c2nc1OC. The van der Waals surface area contributed by atoms with Crippen LogP contribution in [0.1, 0.15) is 16.7 Å².